The van der Waals surface area contributed by atoms with Crippen LogP contribution < -0.4 is 5.43 Å². The van der Waals surface area contributed by atoms with Crippen molar-refractivity contribution in [1.29, 1.82) is 0 Å². The Morgan fingerprint density at radius 3 is 2.67 bits per heavy atom. The summed E-state index contributed by atoms with van der Waals surface area (Å²) in [5.74, 6) is 0. The molecule has 0 saturated heterocycles. The monoisotopic (exact) mass is 302 g/mol. The second-order valence-corrected chi connectivity index (χ2v) is 6.75. The van der Waals surface area contributed by atoms with E-state index in [1.165, 1.54) is 9.75 Å². The average molecular weight is 302 g/mol. The number of nitrogens with one attached hydrogen (secondary N) is 1. The van der Waals surface area contributed by atoms with E-state index in [1.807, 2.05) is 31.3 Å². The molecule has 112 valence electrons. The third-order valence-corrected chi connectivity index (χ3v) is 4.54. The van der Waals surface area contributed by atoms with Gasteiger partial charge >= 0.3 is 0 Å². The van der Waals surface area contributed by atoms with Crippen molar-refractivity contribution >= 4 is 11.3 Å². The zero-order chi connectivity index (χ0) is 15.4. The Morgan fingerprint density at radius 2 is 2.05 bits per heavy atom. The number of pyridine rings is 1. The highest BCUT2D eigenvalue weighted by molar-refractivity contribution is 7.11. The summed E-state index contributed by atoms with van der Waals surface area (Å²) < 4.78 is 0. The van der Waals surface area contributed by atoms with Crippen molar-refractivity contribution in [3.05, 3.63) is 67.8 Å². The van der Waals surface area contributed by atoms with Crippen LogP contribution >= 0.6 is 11.3 Å². The van der Waals surface area contributed by atoms with E-state index >= 15 is 0 Å². The van der Waals surface area contributed by atoms with Crippen molar-refractivity contribution in [2.45, 2.75) is 33.9 Å². The zero-order valence-corrected chi connectivity index (χ0v) is 13.7. The van der Waals surface area contributed by atoms with Gasteiger partial charge in [0.1, 0.15) is 0 Å². The molecule has 0 fully saturated rings. The van der Waals surface area contributed by atoms with Gasteiger partial charge in [-0.1, -0.05) is 6.08 Å². The van der Waals surface area contributed by atoms with E-state index in [1.54, 1.807) is 6.20 Å². The summed E-state index contributed by atoms with van der Waals surface area (Å²) in [6, 6.07) is 4.31. The van der Waals surface area contributed by atoms with Crippen LogP contribution in [-0.2, 0) is 13.1 Å². The summed E-state index contributed by atoms with van der Waals surface area (Å²) in [6.07, 6.45) is 3.70. The van der Waals surface area contributed by atoms with Gasteiger partial charge in [0.2, 0.25) is 0 Å². The van der Waals surface area contributed by atoms with Gasteiger partial charge in [-0.05, 0) is 32.9 Å². The molecule has 2 aromatic rings. The fourth-order valence-electron chi connectivity index (χ4n) is 2.35. The molecule has 2 heterocycles. The van der Waals surface area contributed by atoms with Gasteiger partial charge in [-0.15, -0.1) is 17.9 Å². The molecule has 0 aliphatic carbocycles. The molecule has 0 atom stereocenters. The predicted molar refractivity (Wildman–Crippen MR) is 89.9 cm³/mol. The van der Waals surface area contributed by atoms with E-state index in [0.29, 0.717) is 0 Å². The van der Waals surface area contributed by atoms with Gasteiger partial charge in [-0.25, -0.2) is 0 Å². The molecule has 1 N–H and O–H groups in total. The molecule has 0 radical (unpaired) electrons. The van der Waals surface area contributed by atoms with Crippen LogP contribution in [0.15, 0.2) is 35.8 Å². The number of hydrogen-bond donors (Lipinski definition) is 1. The molecule has 0 amide bonds. The van der Waals surface area contributed by atoms with Gasteiger partial charge in [0, 0.05) is 52.4 Å². The summed E-state index contributed by atoms with van der Waals surface area (Å²) in [5.41, 5.74) is 2.70. The van der Waals surface area contributed by atoms with Crippen molar-refractivity contribution in [3.8, 4) is 0 Å². The van der Waals surface area contributed by atoms with E-state index in [9.17, 15) is 4.79 Å². The fourth-order valence-corrected chi connectivity index (χ4v) is 3.28. The van der Waals surface area contributed by atoms with Crippen molar-refractivity contribution < 1.29 is 0 Å². The van der Waals surface area contributed by atoms with Gasteiger partial charge in [0.25, 0.3) is 0 Å². The normalized spacial score (nSPS) is 11.0. The quantitative estimate of drug-likeness (QED) is 0.828. The Morgan fingerprint density at radius 1 is 1.29 bits per heavy atom. The number of H-pyrrole nitrogens is 1. The molecule has 4 heteroatoms. The van der Waals surface area contributed by atoms with Gasteiger partial charge < -0.3 is 4.98 Å². The predicted octanol–water partition coefficient (Wildman–Crippen LogP) is 3.55. The van der Waals surface area contributed by atoms with Gasteiger partial charge in [0.15, 0.2) is 5.43 Å². The lowest BCUT2D eigenvalue weighted by molar-refractivity contribution is 0.284. The smallest absolute Gasteiger partial charge is 0.187 e. The lowest BCUT2D eigenvalue weighted by atomic mass is 10.1. The second-order valence-electron chi connectivity index (χ2n) is 5.38. The van der Waals surface area contributed by atoms with Gasteiger partial charge in [-0.2, -0.15) is 0 Å². The van der Waals surface area contributed by atoms with Crippen molar-refractivity contribution in [1.82, 2.24) is 9.88 Å². The van der Waals surface area contributed by atoms with Crippen LogP contribution in [0.4, 0.5) is 0 Å². The summed E-state index contributed by atoms with van der Waals surface area (Å²) >= 11 is 1.81. The number of aryl methyl sites for hydroxylation is 2. The minimum absolute atomic E-state index is 0.134. The molecule has 3 nitrogen and oxygen atoms in total. The van der Waals surface area contributed by atoms with Crippen LogP contribution in [0.3, 0.4) is 0 Å². The summed E-state index contributed by atoms with van der Waals surface area (Å²) in [7, 11) is 0. The van der Waals surface area contributed by atoms with Crippen LogP contribution in [0.1, 0.15) is 26.6 Å². The Kier molecular flexibility index (Phi) is 5.15. The highest BCUT2D eigenvalue weighted by Crippen LogP contribution is 2.18. The summed E-state index contributed by atoms with van der Waals surface area (Å²) in [6.45, 7) is 12.1. The summed E-state index contributed by atoms with van der Waals surface area (Å²) in [4.78, 5) is 20.2. The van der Waals surface area contributed by atoms with E-state index < -0.39 is 0 Å². The molecular weight excluding hydrogens is 280 g/mol. The molecule has 0 aliphatic rings. The number of thiophene rings is 1. The topological polar surface area (TPSA) is 36.1 Å². The first kappa shape index (κ1) is 15.7. The first-order valence-electron chi connectivity index (χ1n) is 7.07. The molecule has 0 spiro atoms. The second kappa shape index (κ2) is 6.87. The Balaban J connectivity index is 2.18. The number of hydrogen-bond acceptors (Lipinski definition) is 3. The Bertz CT molecular complexity index is 684. The number of nitrogens with zero attached hydrogens (tertiary/aromatic N) is 1. The lowest BCUT2D eigenvalue weighted by Gasteiger charge is -2.21. The number of aromatic amines is 1. The minimum Gasteiger partial charge on any atom is -0.363 e. The van der Waals surface area contributed by atoms with Crippen LogP contribution in [0.5, 0.6) is 0 Å². The minimum atomic E-state index is 0.134. The Hall–Kier alpha value is -1.65. The van der Waals surface area contributed by atoms with Crippen LogP contribution in [0.2, 0.25) is 0 Å². The van der Waals surface area contributed by atoms with Crippen molar-refractivity contribution in [3.63, 3.8) is 0 Å². The standard InChI is InChI=1S/C17H22N2OS/c1-5-8-19(10-15-7-6-13(3)21-15)11-16-14(4)17(20)12(2)9-18-16/h5-7,9H,1,8,10-11H2,2-4H3,(H,18,20). The number of aromatic nitrogens is 1. The maximum Gasteiger partial charge on any atom is 0.187 e. The molecule has 0 bridgehead atoms. The van der Waals surface area contributed by atoms with E-state index in [-0.39, 0.29) is 5.43 Å². The summed E-state index contributed by atoms with van der Waals surface area (Å²) in [5, 5.41) is 0. The van der Waals surface area contributed by atoms with E-state index in [4.69, 9.17) is 0 Å². The van der Waals surface area contributed by atoms with E-state index in [0.717, 1.165) is 36.5 Å². The maximum atomic E-state index is 12.0. The molecular formula is C17H22N2OS. The SMILES string of the molecule is C=CCN(Cc1ccc(C)s1)Cc1[nH]cc(C)c(=O)c1C. The number of rotatable bonds is 6. The molecule has 21 heavy (non-hydrogen) atoms. The van der Waals surface area contributed by atoms with Crippen LogP contribution in [-0.4, -0.2) is 16.4 Å². The highest BCUT2D eigenvalue weighted by Gasteiger charge is 2.11. The van der Waals surface area contributed by atoms with Crippen LogP contribution in [0, 0.1) is 20.8 Å². The van der Waals surface area contributed by atoms with Gasteiger partial charge in [0.05, 0.1) is 0 Å². The first-order valence-corrected chi connectivity index (χ1v) is 7.89. The largest absolute Gasteiger partial charge is 0.363 e. The third-order valence-electron chi connectivity index (χ3n) is 3.56. The highest BCUT2D eigenvalue weighted by atomic mass is 32.1. The molecule has 2 aromatic heterocycles. The molecule has 0 unspecified atom stereocenters. The van der Waals surface area contributed by atoms with Gasteiger partial charge in [-0.3, -0.25) is 9.69 Å². The first-order chi connectivity index (χ1) is 10.0. The Labute approximate surface area is 129 Å². The lowest BCUT2D eigenvalue weighted by Crippen LogP contribution is -2.25. The molecule has 0 aromatic carbocycles. The average Bonchev–Trinajstić information content (AvgIpc) is 2.85. The molecule has 2 rings (SSSR count). The fraction of sp³-hybridized carbons (Fsp3) is 0.353. The molecule has 0 aliphatic heterocycles. The zero-order valence-electron chi connectivity index (χ0n) is 12.9. The maximum absolute atomic E-state index is 12.0. The van der Waals surface area contributed by atoms with E-state index in [2.05, 4.69) is 35.5 Å². The van der Waals surface area contributed by atoms with Crippen molar-refractivity contribution in [2.24, 2.45) is 0 Å². The molecule has 0 saturated carbocycles. The van der Waals surface area contributed by atoms with Crippen molar-refractivity contribution in [2.75, 3.05) is 6.54 Å². The third kappa shape index (κ3) is 3.93. The van der Waals surface area contributed by atoms with Crippen LogP contribution in [0.25, 0.3) is 0 Å².